The van der Waals surface area contributed by atoms with E-state index in [9.17, 15) is 0 Å². The van der Waals surface area contributed by atoms with Crippen LogP contribution in [0.2, 0.25) is 0 Å². The van der Waals surface area contributed by atoms with E-state index in [0.717, 1.165) is 11.3 Å². The molecule has 1 aromatic heterocycles. The molecular weight excluding hydrogens is 206 g/mol. The van der Waals surface area contributed by atoms with Crippen molar-refractivity contribution in [3.8, 4) is 11.5 Å². The summed E-state index contributed by atoms with van der Waals surface area (Å²) in [6.45, 7) is 0.813. The average Bonchev–Trinajstić information content (AvgIpc) is 2.76. The van der Waals surface area contributed by atoms with Crippen LogP contribution in [0.3, 0.4) is 0 Å². The van der Waals surface area contributed by atoms with Crippen molar-refractivity contribution in [2.75, 3.05) is 0 Å². The van der Waals surface area contributed by atoms with E-state index in [1.54, 1.807) is 30.5 Å². The molecule has 0 aliphatic rings. The number of ether oxygens (including phenoxy) is 1. The molecule has 84 valence electrons. The minimum atomic E-state index is 0.223. The number of rotatable bonds is 4. The van der Waals surface area contributed by atoms with E-state index in [-0.39, 0.29) is 5.75 Å². The van der Waals surface area contributed by atoms with Crippen LogP contribution in [0, 0.1) is 0 Å². The molecular formula is C12H13NO3. The Kier molecular flexibility index (Phi) is 3.12. The van der Waals surface area contributed by atoms with Crippen molar-refractivity contribution in [2.45, 2.75) is 13.2 Å². The second kappa shape index (κ2) is 4.72. The summed E-state index contributed by atoms with van der Waals surface area (Å²) in [5, 5.41) is 9.09. The lowest BCUT2D eigenvalue weighted by atomic mass is 10.3. The van der Waals surface area contributed by atoms with Gasteiger partial charge in [0.05, 0.1) is 12.8 Å². The van der Waals surface area contributed by atoms with Gasteiger partial charge in [-0.25, -0.2) is 0 Å². The van der Waals surface area contributed by atoms with Crippen molar-refractivity contribution in [3.05, 3.63) is 47.9 Å². The molecule has 0 spiro atoms. The minimum absolute atomic E-state index is 0.223. The molecule has 0 unspecified atom stereocenters. The highest BCUT2D eigenvalue weighted by molar-refractivity contribution is 5.30. The quantitative estimate of drug-likeness (QED) is 0.825. The first-order chi connectivity index (χ1) is 7.78. The molecule has 1 heterocycles. The highest BCUT2D eigenvalue weighted by Gasteiger charge is 2.01. The molecule has 1 aromatic carbocycles. The lowest BCUT2D eigenvalue weighted by Gasteiger charge is -2.03. The first kappa shape index (κ1) is 10.6. The molecule has 0 aliphatic heterocycles. The van der Waals surface area contributed by atoms with Gasteiger partial charge in [0.1, 0.15) is 23.9 Å². The SMILES string of the molecule is NCc1cc(COc2ccc(O)cc2)co1. The maximum Gasteiger partial charge on any atom is 0.120 e. The van der Waals surface area contributed by atoms with E-state index in [1.165, 1.54) is 0 Å². The number of furan rings is 1. The number of hydrogen-bond donors (Lipinski definition) is 2. The molecule has 2 aromatic rings. The molecule has 4 heteroatoms. The third-order valence-electron chi connectivity index (χ3n) is 2.15. The zero-order chi connectivity index (χ0) is 11.4. The predicted molar refractivity (Wildman–Crippen MR) is 59.0 cm³/mol. The Balaban J connectivity index is 1.94. The molecule has 0 atom stereocenters. The summed E-state index contributed by atoms with van der Waals surface area (Å²) in [4.78, 5) is 0. The summed E-state index contributed by atoms with van der Waals surface area (Å²) >= 11 is 0. The Labute approximate surface area is 93.3 Å². The molecule has 0 aliphatic carbocycles. The number of benzene rings is 1. The van der Waals surface area contributed by atoms with Gasteiger partial charge in [0.25, 0.3) is 0 Å². The zero-order valence-corrected chi connectivity index (χ0v) is 8.72. The normalized spacial score (nSPS) is 10.3. The molecule has 0 amide bonds. The summed E-state index contributed by atoms with van der Waals surface area (Å²) in [7, 11) is 0. The van der Waals surface area contributed by atoms with Crippen molar-refractivity contribution < 1.29 is 14.3 Å². The van der Waals surface area contributed by atoms with Gasteiger partial charge in [-0.2, -0.15) is 0 Å². The fourth-order valence-corrected chi connectivity index (χ4v) is 1.32. The van der Waals surface area contributed by atoms with E-state index >= 15 is 0 Å². The average molecular weight is 219 g/mol. The van der Waals surface area contributed by atoms with Crippen molar-refractivity contribution in [1.82, 2.24) is 0 Å². The van der Waals surface area contributed by atoms with Gasteiger partial charge in [-0.15, -0.1) is 0 Å². The summed E-state index contributed by atoms with van der Waals surface area (Å²) in [5.41, 5.74) is 6.36. The molecule has 0 radical (unpaired) electrons. The van der Waals surface area contributed by atoms with Crippen molar-refractivity contribution in [1.29, 1.82) is 0 Å². The Hall–Kier alpha value is -1.94. The lowest BCUT2D eigenvalue weighted by Crippen LogP contribution is -1.95. The van der Waals surface area contributed by atoms with Gasteiger partial charge in [-0.05, 0) is 30.3 Å². The molecule has 16 heavy (non-hydrogen) atoms. The maximum atomic E-state index is 9.09. The third kappa shape index (κ3) is 2.55. The summed E-state index contributed by atoms with van der Waals surface area (Å²) in [6.07, 6.45) is 1.63. The van der Waals surface area contributed by atoms with Crippen LogP contribution in [-0.2, 0) is 13.2 Å². The fraction of sp³-hybridized carbons (Fsp3) is 0.167. The number of nitrogens with two attached hydrogens (primary N) is 1. The Bertz CT molecular complexity index is 448. The largest absolute Gasteiger partial charge is 0.508 e. The fourth-order valence-electron chi connectivity index (χ4n) is 1.32. The summed E-state index contributed by atoms with van der Waals surface area (Å²) in [6, 6.07) is 8.44. The van der Waals surface area contributed by atoms with Gasteiger partial charge in [-0.1, -0.05) is 0 Å². The molecule has 3 N–H and O–H groups in total. The Morgan fingerprint density at radius 1 is 1.25 bits per heavy atom. The second-order valence-corrected chi connectivity index (χ2v) is 3.41. The monoisotopic (exact) mass is 219 g/mol. The summed E-state index contributed by atoms with van der Waals surface area (Å²) < 4.78 is 10.7. The van der Waals surface area contributed by atoms with Crippen LogP contribution in [0.15, 0.2) is 41.0 Å². The van der Waals surface area contributed by atoms with Crippen LogP contribution >= 0.6 is 0 Å². The van der Waals surface area contributed by atoms with Gasteiger partial charge in [0.2, 0.25) is 0 Å². The molecule has 0 saturated heterocycles. The van der Waals surface area contributed by atoms with E-state index < -0.39 is 0 Å². The van der Waals surface area contributed by atoms with Crippen LogP contribution in [0.25, 0.3) is 0 Å². The highest BCUT2D eigenvalue weighted by atomic mass is 16.5. The van der Waals surface area contributed by atoms with Gasteiger partial charge < -0.3 is 20.0 Å². The first-order valence-corrected chi connectivity index (χ1v) is 4.96. The van der Waals surface area contributed by atoms with Crippen molar-refractivity contribution >= 4 is 0 Å². The Morgan fingerprint density at radius 2 is 2.00 bits per heavy atom. The van der Waals surface area contributed by atoms with Crippen LogP contribution in [0.5, 0.6) is 11.5 Å². The van der Waals surface area contributed by atoms with Gasteiger partial charge in [0, 0.05) is 5.56 Å². The third-order valence-corrected chi connectivity index (χ3v) is 2.15. The van der Waals surface area contributed by atoms with Crippen LogP contribution < -0.4 is 10.5 Å². The molecule has 0 saturated carbocycles. The number of phenols is 1. The first-order valence-electron chi connectivity index (χ1n) is 4.96. The molecule has 2 rings (SSSR count). The van der Waals surface area contributed by atoms with E-state index in [4.69, 9.17) is 20.0 Å². The predicted octanol–water partition coefficient (Wildman–Crippen LogP) is 2.02. The van der Waals surface area contributed by atoms with Crippen LogP contribution in [0.1, 0.15) is 11.3 Å². The van der Waals surface area contributed by atoms with E-state index in [2.05, 4.69) is 0 Å². The highest BCUT2D eigenvalue weighted by Crippen LogP contribution is 2.17. The van der Waals surface area contributed by atoms with Crippen molar-refractivity contribution in [2.24, 2.45) is 5.73 Å². The van der Waals surface area contributed by atoms with Crippen molar-refractivity contribution in [3.63, 3.8) is 0 Å². The topological polar surface area (TPSA) is 68.6 Å². The minimum Gasteiger partial charge on any atom is -0.508 e. The van der Waals surface area contributed by atoms with Gasteiger partial charge in [0.15, 0.2) is 0 Å². The van der Waals surface area contributed by atoms with Crippen LogP contribution in [0.4, 0.5) is 0 Å². The van der Waals surface area contributed by atoms with Gasteiger partial charge in [-0.3, -0.25) is 0 Å². The smallest absolute Gasteiger partial charge is 0.120 e. The van der Waals surface area contributed by atoms with Crippen LogP contribution in [-0.4, -0.2) is 5.11 Å². The molecule has 0 bridgehead atoms. The zero-order valence-electron chi connectivity index (χ0n) is 8.72. The van der Waals surface area contributed by atoms with E-state index in [1.807, 2.05) is 6.07 Å². The second-order valence-electron chi connectivity index (χ2n) is 3.41. The van der Waals surface area contributed by atoms with Gasteiger partial charge >= 0.3 is 0 Å². The maximum absolute atomic E-state index is 9.09. The number of aromatic hydroxyl groups is 1. The summed E-state index contributed by atoms with van der Waals surface area (Å²) in [5.74, 6) is 1.67. The molecule has 0 fully saturated rings. The van der Waals surface area contributed by atoms with E-state index in [0.29, 0.717) is 18.9 Å². The lowest BCUT2D eigenvalue weighted by molar-refractivity contribution is 0.304. The number of phenolic OH excluding ortho intramolecular Hbond substituents is 1. The molecule has 4 nitrogen and oxygen atoms in total. The standard InChI is InChI=1S/C12H13NO3/c13-6-12-5-9(8-16-12)7-15-11-3-1-10(14)2-4-11/h1-5,8,14H,6-7,13H2. The number of hydrogen-bond acceptors (Lipinski definition) is 4. The Morgan fingerprint density at radius 3 is 2.62 bits per heavy atom.